The molecule has 0 spiro atoms. The smallest absolute Gasteiger partial charge is 0.277 e. The predicted molar refractivity (Wildman–Crippen MR) is 109 cm³/mol. The quantitative estimate of drug-likeness (QED) is 0.606. The number of carbonyl (C=O) groups is 1. The van der Waals surface area contributed by atoms with E-state index in [1.54, 1.807) is 6.92 Å². The number of ether oxygens (including phenoxy) is 2. The SMILES string of the molecule is CCc1ccc(NC(=O)[C@@H](C)Sc2nnc([C@@H]3COc4ccccc4O3)o2)cc1. The molecule has 0 saturated heterocycles. The molecule has 0 bridgehead atoms. The van der Waals surface area contributed by atoms with E-state index in [0.29, 0.717) is 22.6 Å². The maximum Gasteiger partial charge on any atom is 0.277 e. The molecule has 8 heteroatoms. The largest absolute Gasteiger partial charge is 0.485 e. The molecule has 1 amide bonds. The summed E-state index contributed by atoms with van der Waals surface area (Å²) in [6, 6.07) is 15.2. The lowest BCUT2D eigenvalue weighted by Gasteiger charge is -2.23. The average Bonchev–Trinajstić information content (AvgIpc) is 3.22. The van der Waals surface area contributed by atoms with Gasteiger partial charge in [-0.05, 0) is 43.2 Å². The standard InChI is InChI=1S/C21H21N3O4S/c1-3-14-8-10-15(11-9-14)22-19(25)13(2)29-21-24-23-20(28-21)18-12-26-16-6-4-5-7-17(16)27-18/h4-11,13,18H,3,12H2,1-2H3,(H,22,25)/t13-,18+/m1/s1. The highest BCUT2D eigenvalue weighted by molar-refractivity contribution is 8.00. The maximum atomic E-state index is 12.5. The fourth-order valence-corrected chi connectivity index (χ4v) is 3.50. The Balaban J connectivity index is 1.35. The number of aromatic nitrogens is 2. The zero-order valence-electron chi connectivity index (χ0n) is 16.1. The van der Waals surface area contributed by atoms with Gasteiger partial charge in [-0.1, -0.05) is 43.0 Å². The van der Waals surface area contributed by atoms with Gasteiger partial charge >= 0.3 is 0 Å². The molecule has 2 atom stereocenters. The van der Waals surface area contributed by atoms with Crippen molar-refractivity contribution in [1.82, 2.24) is 10.2 Å². The fraction of sp³-hybridized carbons (Fsp3) is 0.286. The number of aryl methyl sites for hydroxylation is 1. The topological polar surface area (TPSA) is 86.5 Å². The van der Waals surface area contributed by atoms with Gasteiger partial charge in [-0.25, -0.2) is 0 Å². The van der Waals surface area contributed by atoms with Gasteiger partial charge in [-0.2, -0.15) is 0 Å². The van der Waals surface area contributed by atoms with E-state index >= 15 is 0 Å². The minimum atomic E-state index is -0.479. The van der Waals surface area contributed by atoms with E-state index in [4.69, 9.17) is 13.9 Å². The predicted octanol–water partition coefficient (Wildman–Crippen LogP) is 4.26. The molecule has 7 nitrogen and oxygen atoms in total. The molecule has 4 rings (SSSR count). The summed E-state index contributed by atoms with van der Waals surface area (Å²) in [4.78, 5) is 12.5. The highest BCUT2D eigenvalue weighted by Gasteiger charge is 2.28. The van der Waals surface area contributed by atoms with Gasteiger partial charge < -0.3 is 19.2 Å². The van der Waals surface area contributed by atoms with Gasteiger partial charge in [0, 0.05) is 5.69 Å². The van der Waals surface area contributed by atoms with Crippen LogP contribution in [-0.4, -0.2) is 28.0 Å². The normalized spacial score (nSPS) is 16.3. The van der Waals surface area contributed by atoms with Crippen molar-refractivity contribution in [3.8, 4) is 11.5 Å². The maximum absolute atomic E-state index is 12.5. The first-order valence-corrected chi connectivity index (χ1v) is 10.3. The van der Waals surface area contributed by atoms with Crippen molar-refractivity contribution in [1.29, 1.82) is 0 Å². The van der Waals surface area contributed by atoms with Crippen LogP contribution < -0.4 is 14.8 Å². The minimum absolute atomic E-state index is 0.134. The molecule has 2 aromatic carbocycles. The number of carbonyl (C=O) groups excluding carboxylic acids is 1. The van der Waals surface area contributed by atoms with E-state index in [2.05, 4.69) is 22.4 Å². The number of nitrogens with one attached hydrogen (secondary N) is 1. The minimum Gasteiger partial charge on any atom is -0.485 e. The van der Waals surface area contributed by atoms with Crippen LogP contribution in [-0.2, 0) is 11.2 Å². The molecule has 29 heavy (non-hydrogen) atoms. The highest BCUT2D eigenvalue weighted by Crippen LogP contribution is 2.36. The summed E-state index contributed by atoms with van der Waals surface area (Å²) in [6.45, 7) is 4.17. The molecule has 2 heterocycles. The Morgan fingerprint density at radius 2 is 1.93 bits per heavy atom. The van der Waals surface area contributed by atoms with E-state index in [-0.39, 0.29) is 12.5 Å². The van der Waals surface area contributed by atoms with E-state index in [0.717, 1.165) is 12.1 Å². The number of thioether (sulfide) groups is 1. The van der Waals surface area contributed by atoms with Gasteiger partial charge in [-0.15, -0.1) is 10.2 Å². The summed E-state index contributed by atoms with van der Waals surface area (Å²) >= 11 is 1.20. The Morgan fingerprint density at radius 1 is 1.17 bits per heavy atom. The van der Waals surface area contributed by atoms with Crippen LogP contribution in [0.3, 0.4) is 0 Å². The van der Waals surface area contributed by atoms with Crippen LogP contribution in [0.1, 0.15) is 31.4 Å². The average molecular weight is 411 g/mol. The first kappa shape index (κ1) is 19.3. The van der Waals surface area contributed by atoms with Crippen LogP contribution in [0.25, 0.3) is 0 Å². The molecule has 150 valence electrons. The van der Waals surface area contributed by atoms with Crippen molar-refractivity contribution < 1.29 is 18.7 Å². The van der Waals surface area contributed by atoms with Crippen molar-refractivity contribution in [3.05, 3.63) is 60.0 Å². The summed E-state index contributed by atoms with van der Waals surface area (Å²) in [5.41, 5.74) is 1.98. The number of para-hydroxylation sites is 2. The molecular weight excluding hydrogens is 390 g/mol. The zero-order valence-corrected chi connectivity index (χ0v) is 16.9. The zero-order chi connectivity index (χ0) is 20.2. The summed E-state index contributed by atoms with van der Waals surface area (Å²) in [5, 5.41) is 10.9. The second-order valence-corrected chi connectivity index (χ2v) is 7.86. The van der Waals surface area contributed by atoms with Crippen LogP contribution in [0, 0.1) is 0 Å². The van der Waals surface area contributed by atoms with Crippen molar-refractivity contribution in [2.24, 2.45) is 0 Å². The molecular formula is C21H21N3O4S. The molecule has 1 N–H and O–H groups in total. The number of fused-ring (bicyclic) bond motifs is 1. The highest BCUT2D eigenvalue weighted by atomic mass is 32.2. The molecule has 1 aliphatic rings. The van der Waals surface area contributed by atoms with Crippen LogP contribution in [0.15, 0.2) is 58.2 Å². The number of anilines is 1. The van der Waals surface area contributed by atoms with Gasteiger partial charge in [0.1, 0.15) is 6.61 Å². The van der Waals surface area contributed by atoms with E-state index in [1.165, 1.54) is 17.3 Å². The number of benzene rings is 2. The second-order valence-electron chi connectivity index (χ2n) is 6.57. The van der Waals surface area contributed by atoms with Gasteiger partial charge in [0.2, 0.25) is 12.0 Å². The second kappa shape index (κ2) is 8.57. The van der Waals surface area contributed by atoms with Crippen molar-refractivity contribution in [3.63, 3.8) is 0 Å². The lowest BCUT2D eigenvalue weighted by atomic mass is 10.1. The number of nitrogens with zero attached hydrogens (tertiary/aromatic N) is 2. The summed E-state index contributed by atoms with van der Waals surface area (Å²) in [6.07, 6.45) is 0.481. The van der Waals surface area contributed by atoms with Crippen LogP contribution in [0.5, 0.6) is 11.5 Å². The molecule has 0 saturated carbocycles. The lowest BCUT2D eigenvalue weighted by molar-refractivity contribution is -0.115. The summed E-state index contributed by atoms with van der Waals surface area (Å²) in [7, 11) is 0. The molecule has 3 aromatic rings. The Labute approximate surface area is 172 Å². The van der Waals surface area contributed by atoms with E-state index in [1.807, 2.05) is 48.5 Å². The van der Waals surface area contributed by atoms with E-state index in [9.17, 15) is 4.79 Å². The number of hydrogen-bond acceptors (Lipinski definition) is 7. The van der Waals surface area contributed by atoms with E-state index < -0.39 is 11.4 Å². The molecule has 1 aliphatic heterocycles. The first-order chi connectivity index (χ1) is 14.1. The Hall–Kier alpha value is -3.00. The van der Waals surface area contributed by atoms with Gasteiger partial charge in [-0.3, -0.25) is 4.79 Å². The van der Waals surface area contributed by atoms with Gasteiger partial charge in [0.15, 0.2) is 11.5 Å². The van der Waals surface area contributed by atoms with Crippen molar-refractivity contribution in [2.75, 3.05) is 11.9 Å². The molecule has 1 aromatic heterocycles. The molecule has 0 radical (unpaired) electrons. The molecule has 0 aliphatic carbocycles. The molecule has 0 unspecified atom stereocenters. The van der Waals surface area contributed by atoms with Crippen molar-refractivity contribution in [2.45, 2.75) is 36.8 Å². The fourth-order valence-electron chi connectivity index (χ4n) is 2.81. The van der Waals surface area contributed by atoms with Crippen LogP contribution in [0.2, 0.25) is 0 Å². The first-order valence-electron chi connectivity index (χ1n) is 9.40. The van der Waals surface area contributed by atoms with Crippen LogP contribution in [0.4, 0.5) is 5.69 Å². The third-order valence-electron chi connectivity index (χ3n) is 4.48. The summed E-state index contributed by atoms with van der Waals surface area (Å²) in [5.74, 6) is 1.52. The number of amides is 1. The third-order valence-corrected chi connectivity index (χ3v) is 5.42. The Morgan fingerprint density at radius 3 is 2.69 bits per heavy atom. The van der Waals surface area contributed by atoms with Crippen molar-refractivity contribution >= 4 is 23.4 Å². The van der Waals surface area contributed by atoms with Crippen LogP contribution >= 0.6 is 11.8 Å². The number of rotatable bonds is 6. The lowest BCUT2D eigenvalue weighted by Crippen LogP contribution is -2.22. The van der Waals surface area contributed by atoms with Gasteiger partial charge in [0.05, 0.1) is 5.25 Å². The monoisotopic (exact) mass is 411 g/mol. The Kier molecular flexibility index (Phi) is 5.71. The number of hydrogen-bond donors (Lipinski definition) is 1. The van der Waals surface area contributed by atoms with Gasteiger partial charge in [0.25, 0.3) is 11.1 Å². The Bertz CT molecular complexity index is 990. The third kappa shape index (κ3) is 4.54. The summed E-state index contributed by atoms with van der Waals surface area (Å²) < 4.78 is 17.2. The molecule has 0 fully saturated rings.